The van der Waals surface area contributed by atoms with E-state index < -0.39 is 11.8 Å². The number of hydrogen-bond acceptors (Lipinski definition) is 4. The Morgan fingerprint density at radius 3 is 2.45 bits per heavy atom. The van der Waals surface area contributed by atoms with Crippen LogP contribution in [0, 0.1) is 0 Å². The molecule has 6 nitrogen and oxygen atoms in total. The van der Waals surface area contributed by atoms with Gasteiger partial charge in [-0.25, -0.2) is 0 Å². The molecule has 0 aliphatic heterocycles. The average molecular weight is 308 g/mol. The lowest BCUT2D eigenvalue weighted by Crippen LogP contribution is -2.36. The van der Waals surface area contributed by atoms with Crippen molar-refractivity contribution in [1.82, 2.24) is 5.32 Å². The number of ether oxygens (including phenoxy) is 1. The minimum absolute atomic E-state index is 0.0262. The Kier molecular flexibility index (Phi) is 8.67. The fourth-order valence-electron chi connectivity index (χ4n) is 1.73. The first-order chi connectivity index (χ1) is 10.7. The highest BCUT2D eigenvalue weighted by molar-refractivity contribution is 6.39. The normalized spacial score (nSPS) is 10.1. The monoisotopic (exact) mass is 308 g/mol. The summed E-state index contributed by atoms with van der Waals surface area (Å²) < 4.78 is 5.57. The van der Waals surface area contributed by atoms with E-state index in [0.717, 1.165) is 25.0 Å². The molecule has 0 spiro atoms. The molecular weight excluding hydrogens is 284 g/mol. The van der Waals surface area contributed by atoms with Crippen LogP contribution in [0.2, 0.25) is 0 Å². The number of unbranched alkanes of at least 4 members (excludes halogenated alkanes) is 2. The number of hydrogen-bond donors (Lipinski definition) is 3. The molecule has 1 aromatic carbocycles. The Labute approximate surface area is 130 Å². The summed E-state index contributed by atoms with van der Waals surface area (Å²) in [6, 6.07) is 6.89. The molecule has 0 aliphatic rings. The maximum atomic E-state index is 11.6. The Balaban J connectivity index is 2.36. The van der Waals surface area contributed by atoms with Crippen LogP contribution in [-0.4, -0.2) is 36.7 Å². The summed E-state index contributed by atoms with van der Waals surface area (Å²) in [5, 5.41) is 13.5. The standard InChI is InChI=1S/C16H24N2O4/c1-2-3-4-12-22-14-8-6-13(7-9-14)18-16(21)15(20)17-10-5-11-19/h6-9,19H,2-5,10-12H2,1H3,(H,17,20)(H,18,21). The first-order valence-corrected chi connectivity index (χ1v) is 7.60. The van der Waals surface area contributed by atoms with Crippen LogP contribution in [0.1, 0.15) is 32.6 Å². The first-order valence-electron chi connectivity index (χ1n) is 7.60. The van der Waals surface area contributed by atoms with Crippen LogP contribution >= 0.6 is 0 Å². The van der Waals surface area contributed by atoms with Crippen molar-refractivity contribution in [3.8, 4) is 5.75 Å². The Morgan fingerprint density at radius 2 is 1.82 bits per heavy atom. The van der Waals surface area contributed by atoms with Crippen molar-refractivity contribution in [2.24, 2.45) is 0 Å². The number of aliphatic hydroxyl groups is 1. The maximum Gasteiger partial charge on any atom is 0.313 e. The first kappa shape index (κ1) is 18.0. The molecule has 22 heavy (non-hydrogen) atoms. The van der Waals surface area contributed by atoms with Gasteiger partial charge >= 0.3 is 11.8 Å². The topological polar surface area (TPSA) is 87.7 Å². The van der Waals surface area contributed by atoms with Gasteiger partial charge < -0.3 is 20.5 Å². The van der Waals surface area contributed by atoms with Gasteiger partial charge in [0.15, 0.2) is 0 Å². The molecule has 0 saturated carbocycles. The molecule has 2 amide bonds. The maximum absolute atomic E-state index is 11.6. The Bertz CT molecular complexity index is 460. The molecule has 1 rings (SSSR count). The Morgan fingerprint density at radius 1 is 1.09 bits per heavy atom. The SMILES string of the molecule is CCCCCOc1ccc(NC(=O)C(=O)NCCCO)cc1. The van der Waals surface area contributed by atoms with Gasteiger partial charge in [-0.05, 0) is 37.1 Å². The minimum Gasteiger partial charge on any atom is -0.494 e. The third kappa shape index (κ3) is 7.08. The van der Waals surface area contributed by atoms with Gasteiger partial charge in [0.05, 0.1) is 6.61 Å². The highest BCUT2D eigenvalue weighted by Crippen LogP contribution is 2.16. The van der Waals surface area contributed by atoms with Gasteiger partial charge in [-0.1, -0.05) is 19.8 Å². The number of benzene rings is 1. The number of amides is 2. The van der Waals surface area contributed by atoms with E-state index in [9.17, 15) is 9.59 Å². The predicted molar refractivity (Wildman–Crippen MR) is 84.8 cm³/mol. The lowest BCUT2D eigenvalue weighted by molar-refractivity contribution is -0.136. The van der Waals surface area contributed by atoms with E-state index in [1.165, 1.54) is 0 Å². The zero-order chi connectivity index (χ0) is 16.2. The van der Waals surface area contributed by atoms with Crippen molar-refractivity contribution in [1.29, 1.82) is 0 Å². The third-order valence-corrected chi connectivity index (χ3v) is 2.96. The van der Waals surface area contributed by atoms with E-state index in [0.29, 0.717) is 18.7 Å². The Hall–Kier alpha value is -2.08. The summed E-state index contributed by atoms with van der Waals surface area (Å²) in [6.45, 7) is 3.05. The number of aliphatic hydroxyl groups excluding tert-OH is 1. The summed E-state index contributed by atoms with van der Waals surface area (Å²) in [5.41, 5.74) is 0.531. The van der Waals surface area contributed by atoms with Gasteiger partial charge in [0, 0.05) is 18.8 Å². The van der Waals surface area contributed by atoms with Crippen molar-refractivity contribution in [3.05, 3.63) is 24.3 Å². The second kappa shape index (κ2) is 10.6. The molecule has 0 bridgehead atoms. The van der Waals surface area contributed by atoms with E-state index in [1.54, 1.807) is 24.3 Å². The molecule has 6 heteroatoms. The molecule has 0 aliphatic carbocycles. The molecule has 0 unspecified atom stereocenters. The van der Waals surface area contributed by atoms with E-state index in [2.05, 4.69) is 17.6 Å². The second-order valence-electron chi connectivity index (χ2n) is 4.87. The van der Waals surface area contributed by atoms with Crippen LogP contribution < -0.4 is 15.4 Å². The fourth-order valence-corrected chi connectivity index (χ4v) is 1.73. The molecular formula is C16H24N2O4. The quantitative estimate of drug-likeness (QED) is 0.478. The third-order valence-electron chi connectivity index (χ3n) is 2.96. The molecule has 0 saturated heterocycles. The van der Waals surface area contributed by atoms with Crippen LogP contribution in [-0.2, 0) is 9.59 Å². The molecule has 122 valence electrons. The van der Waals surface area contributed by atoms with Gasteiger partial charge in [-0.3, -0.25) is 9.59 Å². The number of nitrogens with one attached hydrogen (secondary N) is 2. The van der Waals surface area contributed by atoms with Gasteiger partial charge in [0.1, 0.15) is 5.75 Å². The predicted octanol–water partition coefficient (Wildman–Crippen LogP) is 1.69. The van der Waals surface area contributed by atoms with Crippen LogP contribution in [0.25, 0.3) is 0 Å². The summed E-state index contributed by atoms with van der Waals surface area (Å²) >= 11 is 0. The molecule has 1 aromatic rings. The van der Waals surface area contributed by atoms with Crippen LogP contribution in [0.3, 0.4) is 0 Å². The van der Waals surface area contributed by atoms with Gasteiger partial charge in [0.25, 0.3) is 0 Å². The van der Waals surface area contributed by atoms with E-state index >= 15 is 0 Å². The van der Waals surface area contributed by atoms with Crippen molar-refractivity contribution in [2.75, 3.05) is 25.1 Å². The number of carbonyl (C=O) groups excluding carboxylic acids is 2. The van der Waals surface area contributed by atoms with Crippen molar-refractivity contribution in [2.45, 2.75) is 32.6 Å². The summed E-state index contributed by atoms with van der Waals surface area (Å²) in [7, 11) is 0. The number of carbonyl (C=O) groups is 2. The van der Waals surface area contributed by atoms with Crippen LogP contribution in [0.4, 0.5) is 5.69 Å². The molecule has 0 aromatic heterocycles. The number of anilines is 1. The number of rotatable bonds is 9. The lowest BCUT2D eigenvalue weighted by Gasteiger charge is -2.08. The largest absolute Gasteiger partial charge is 0.494 e. The average Bonchev–Trinajstić information content (AvgIpc) is 2.53. The van der Waals surface area contributed by atoms with Crippen molar-refractivity contribution in [3.63, 3.8) is 0 Å². The second-order valence-corrected chi connectivity index (χ2v) is 4.87. The minimum atomic E-state index is -0.727. The van der Waals surface area contributed by atoms with Crippen LogP contribution in [0.5, 0.6) is 5.75 Å². The van der Waals surface area contributed by atoms with Gasteiger partial charge in [-0.2, -0.15) is 0 Å². The highest BCUT2D eigenvalue weighted by Gasteiger charge is 2.12. The smallest absolute Gasteiger partial charge is 0.313 e. The molecule has 0 heterocycles. The summed E-state index contributed by atoms with van der Waals surface area (Å²) in [4.78, 5) is 23.1. The summed E-state index contributed by atoms with van der Waals surface area (Å²) in [6.07, 6.45) is 3.72. The molecule has 0 radical (unpaired) electrons. The van der Waals surface area contributed by atoms with Crippen LogP contribution in [0.15, 0.2) is 24.3 Å². The summed E-state index contributed by atoms with van der Waals surface area (Å²) in [5.74, 6) is -0.704. The zero-order valence-corrected chi connectivity index (χ0v) is 12.9. The van der Waals surface area contributed by atoms with E-state index in [4.69, 9.17) is 9.84 Å². The lowest BCUT2D eigenvalue weighted by atomic mass is 10.2. The highest BCUT2D eigenvalue weighted by atomic mass is 16.5. The molecule has 0 atom stereocenters. The fraction of sp³-hybridized carbons (Fsp3) is 0.500. The van der Waals surface area contributed by atoms with Gasteiger partial charge in [-0.15, -0.1) is 0 Å². The van der Waals surface area contributed by atoms with Gasteiger partial charge in [0.2, 0.25) is 0 Å². The van der Waals surface area contributed by atoms with Crippen molar-refractivity contribution >= 4 is 17.5 Å². The molecule has 0 fully saturated rings. The van der Waals surface area contributed by atoms with Crippen molar-refractivity contribution < 1.29 is 19.4 Å². The van der Waals surface area contributed by atoms with E-state index in [-0.39, 0.29) is 13.2 Å². The van der Waals surface area contributed by atoms with E-state index in [1.807, 2.05) is 0 Å². The molecule has 3 N–H and O–H groups in total. The zero-order valence-electron chi connectivity index (χ0n) is 12.9.